The van der Waals surface area contributed by atoms with Gasteiger partial charge in [-0.25, -0.2) is 0 Å². The molecule has 0 spiro atoms. The van der Waals surface area contributed by atoms with Crippen molar-refractivity contribution in [1.82, 2.24) is 5.32 Å². The Morgan fingerprint density at radius 3 is 2.60 bits per heavy atom. The van der Waals surface area contributed by atoms with Crippen LogP contribution in [0.25, 0.3) is 0 Å². The van der Waals surface area contributed by atoms with Crippen LogP contribution in [-0.4, -0.2) is 23.0 Å². The first-order valence-electron chi connectivity index (χ1n) is 6.01. The zero-order chi connectivity index (χ0) is 10.9. The van der Waals surface area contributed by atoms with E-state index in [0.717, 1.165) is 6.54 Å². The molecule has 2 aliphatic rings. The fraction of sp³-hybridized carbons (Fsp3) is 0.917. The lowest BCUT2D eigenvalue weighted by Crippen LogP contribution is -2.46. The molecule has 0 aromatic heterocycles. The molecule has 0 aromatic carbocycles. The van der Waals surface area contributed by atoms with E-state index in [1.54, 1.807) is 0 Å². The Kier molecular flexibility index (Phi) is 3.02. The van der Waals surface area contributed by atoms with Crippen molar-refractivity contribution < 1.29 is 0 Å². The molecule has 1 aliphatic heterocycles. The second-order valence-corrected chi connectivity index (χ2v) is 6.67. The highest BCUT2D eigenvalue weighted by Crippen LogP contribution is 2.48. The molecule has 1 saturated carbocycles. The summed E-state index contributed by atoms with van der Waals surface area (Å²) in [6.45, 7) is 7.84. The maximum absolute atomic E-state index is 4.75. The molecule has 86 valence electrons. The average Bonchev–Trinajstić information content (AvgIpc) is 2.94. The average molecular weight is 226 g/mol. The summed E-state index contributed by atoms with van der Waals surface area (Å²) in [6, 6.07) is 0. The summed E-state index contributed by atoms with van der Waals surface area (Å²) in [4.78, 5) is 4.75. The molecular weight excluding hydrogens is 204 g/mol. The van der Waals surface area contributed by atoms with Crippen molar-refractivity contribution in [2.75, 3.05) is 12.3 Å². The molecule has 1 saturated heterocycles. The van der Waals surface area contributed by atoms with Crippen LogP contribution in [0.2, 0.25) is 0 Å². The zero-order valence-electron chi connectivity index (χ0n) is 10.1. The Bertz CT molecular complexity index is 267. The summed E-state index contributed by atoms with van der Waals surface area (Å²) in [6.07, 6.45) is 5.29. The largest absolute Gasteiger partial charge is 0.360 e. The highest BCUT2D eigenvalue weighted by molar-refractivity contribution is 8.13. The van der Waals surface area contributed by atoms with Crippen LogP contribution >= 0.6 is 11.8 Å². The van der Waals surface area contributed by atoms with Crippen LogP contribution in [0.4, 0.5) is 0 Å². The van der Waals surface area contributed by atoms with Gasteiger partial charge in [0.25, 0.3) is 0 Å². The second-order valence-electron chi connectivity index (χ2n) is 5.58. The molecule has 0 aromatic rings. The second kappa shape index (κ2) is 4.00. The van der Waals surface area contributed by atoms with E-state index in [0.29, 0.717) is 5.41 Å². The van der Waals surface area contributed by atoms with E-state index in [-0.39, 0.29) is 5.54 Å². The molecular formula is C12H22N2S. The number of amidine groups is 1. The van der Waals surface area contributed by atoms with Gasteiger partial charge in [-0.3, -0.25) is 4.99 Å². The molecule has 15 heavy (non-hydrogen) atoms. The standard InChI is InChI=1S/C12H22N2S/c1-4-12(5-6-12)9-13-10-14-11(2,3)7-8-15-10/h4-9H2,1-3H3,(H,13,14). The molecule has 1 heterocycles. The van der Waals surface area contributed by atoms with E-state index in [1.807, 2.05) is 11.8 Å². The number of nitrogens with zero attached hydrogens (tertiary/aromatic N) is 1. The number of nitrogens with one attached hydrogen (secondary N) is 1. The molecule has 2 rings (SSSR count). The van der Waals surface area contributed by atoms with Crippen molar-refractivity contribution >= 4 is 16.9 Å². The van der Waals surface area contributed by atoms with E-state index in [1.165, 1.54) is 36.6 Å². The summed E-state index contributed by atoms with van der Waals surface area (Å²) in [7, 11) is 0. The van der Waals surface area contributed by atoms with Gasteiger partial charge < -0.3 is 5.32 Å². The predicted octanol–water partition coefficient (Wildman–Crippen LogP) is 3.04. The highest BCUT2D eigenvalue weighted by Gasteiger charge is 2.40. The van der Waals surface area contributed by atoms with Crippen LogP contribution in [0.15, 0.2) is 4.99 Å². The van der Waals surface area contributed by atoms with Gasteiger partial charge in [-0.1, -0.05) is 18.7 Å². The normalized spacial score (nSPS) is 29.9. The molecule has 0 unspecified atom stereocenters. The van der Waals surface area contributed by atoms with E-state index >= 15 is 0 Å². The first kappa shape index (κ1) is 11.3. The van der Waals surface area contributed by atoms with Crippen molar-refractivity contribution in [2.24, 2.45) is 10.4 Å². The first-order chi connectivity index (χ1) is 7.05. The summed E-state index contributed by atoms with van der Waals surface area (Å²) < 4.78 is 0. The molecule has 1 aliphatic carbocycles. The zero-order valence-corrected chi connectivity index (χ0v) is 10.9. The van der Waals surface area contributed by atoms with Gasteiger partial charge in [-0.05, 0) is 44.9 Å². The number of rotatable bonds is 3. The van der Waals surface area contributed by atoms with Gasteiger partial charge >= 0.3 is 0 Å². The predicted molar refractivity (Wildman–Crippen MR) is 68.5 cm³/mol. The van der Waals surface area contributed by atoms with Crippen molar-refractivity contribution in [3.8, 4) is 0 Å². The third-order valence-electron chi connectivity index (χ3n) is 3.68. The molecule has 0 bridgehead atoms. The van der Waals surface area contributed by atoms with Crippen LogP contribution in [0.5, 0.6) is 0 Å². The Balaban J connectivity index is 1.90. The Morgan fingerprint density at radius 2 is 2.07 bits per heavy atom. The van der Waals surface area contributed by atoms with Crippen LogP contribution in [0, 0.1) is 5.41 Å². The summed E-state index contributed by atoms with van der Waals surface area (Å²) in [5.74, 6) is 1.21. The SMILES string of the molecule is CCC1(CN=C2NC(C)(C)CCS2)CC1. The lowest BCUT2D eigenvalue weighted by atomic mass is 10.0. The van der Waals surface area contributed by atoms with Gasteiger partial charge in [0.15, 0.2) is 5.17 Å². The smallest absolute Gasteiger partial charge is 0.156 e. The van der Waals surface area contributed by atoms with Crippen molar-refractivity contribution in [2.45, 2.75) is 52.0 Å². The number of aliphatic imine (C=N–C) groups is 1. The molecule has 0 radical (unpaired) electrons. The summed E-state index contributed by atoms with van der Waals surface area (Å²) in [5, 5.41) is 4.70. The lowest BCUT2D eigenvalue weighted by Gasteiger charge is -2.32. The van der Waals surface area contributed by atoms with E-state index < -0.39 is 0 Å². The van der Waals surface area contributed by atoms with Gasteiger partial charge in [0, 0.05) is 17.8 Å². The topological polar surface area (TPSA) is 24.4 Å². The number of hydrogen-bond acceptors (Lipinski definition) is 2. The molecule has 2 fully saturated rings. The maximum atomic E-state index is 4.75. The maximum Gasteiger partial charge on any atom is 0.156 e. The minimum absolute atomic E-state index is 0.243. The van der Waals surface area contributed by atoms with Gasteiger partial charge in [-0.2, -0.15) is 0 Å². The fourth-order valence-electron chi connectivity index (χ4n) is 1.92. The fourth-order valence-corrected chi connectivity index (χ4v) is 3.23. The van der Waals surface area contributed by atoms with Gasteiger partial charge in [-0.15, -0.1) is 0 Å². The molecule has 0 atom stereocenters. The summed E-state index contributed by atoms with van der Waals surface area (Å²) >= 11 is 1.88. The summed E-state index contributed by atoms with van der Waals surface area (Å²) in [5.41, 5.74) is 0.823. The van der Waals surface area contributed by atoms with Crippen molar-refractivity contribution in [1.29, 1.82) is 0 Å². The minimum Gasteiger partial charge on any atom is -0.360 e. The van der Waals surface area contributed by atoms with E-state index in [9.17, 15) is 0 Å². The van der Waals surface area contributed by atoms with Crippen molar-refractivity contribution in [3.05, 3.63) is 0 Å². The number of hydrogen-bond donors (Lipinski definition) is 1. The van der Waals surface area contributed by atoms with E-state index in [2.05, 4.69) is 26.1 Å². The third-order valence-corrected chi connectivity index (χ3v) is 4.59. The van der Waals surface area contributed by atoms with E-state index in [4.69, 9.17) is 4.99 Å². The Hall–Kier alpha value is -0.180. The van der Waals surface area contributed by atoms with Gasteiger partial charge in [0.2, 0.25) is 0 Å². The Morgan fingerprint density at radius 1 is 1.33 bits per heavy atom. The quantitative estimate of drug-likeness (QED) is 0.800. The monoisotopic (exact) mass is 226 g/mol. The number of thioether (sulfide) groups is 1. The molecule has 2 nitrogen and oxygen atoms in total. The lowest BCUT2D eigenvalue weighted by molar-refractivity contribution is 0.443. The van der Waals surface area contributed by atoms with Crippen LogP contribution < -0.4 is 5.32 Å². The minimum atomic E-state index is 0.243. The van der Waals surface area contributed by atoms with Crippen LogP contribution in [0.3, 0.4) is 0 Å². The molecule has 3 heteroatoms. The highest BCUT2D eigenvalue weighted by atomic mass is 32.2. The van der Waals surface area contributed by atoms with Crippen LogP contribution in [0.1, 0.15) is 46.5 Å². The molecule has 1 N–H and O–H groups in total. The van der Waals surface area contributed by atoms with Gasteiger partial charge in [0.1, 0.15) is 0 Å². The van der Waals surface area contributed by atoms with Crippen molar-refractivity contribution in [3.63, 3.8) is 0 Å². The van der Waals surface area contributed by atoms with Gasteiger partial charge in [0.05, 0.1) is 0 Å². The third kappa shape index (κ3) is 2.90. The Labute approximate surface area is 97.3 Å². The first-order valence-corrected chi connectivity index (χ1v) is 6.99. The van der Waals surface area contributed by atoms with Crippen LogP contribution in [-0.2, 0) is 0 Å². The molecule has 0 amide bonds.